The van der Waals surface area contributed by atoms with Gasteiger partial charge >= 0.3 is 5.97 Å². The maximum Gasteiger partial charge on any atom is 0.308 e. The fraction of sp³-hybridized carbons (Fsp3) is 0.955. The van der Waals surface area contributed by atoms with Gasteiger partial charge in [-0.15, -0.1) is 0 Å². The average molecular weight is 419 g/mol. The normalized spacial score (nSPS) is 27.1. The fourth-order valence-corrected chi connectivity index (χ4v) is 3.67. The van der Waals surface area contributed by atoms with E-state index >= 15 is 0 Å². The van der Waals surface area contributed by atoms with Crippen LogP contribution in [-0.2, 0) is 14.3 Å². The second kappa shape index (κ2) is 15.1. The molecule has 29 heavy (non-hydrogen) atoms. The van der Waals surface area contributed by atoms with Gasteiger partial charge in [0.2, 0.25) is 0 Å². The first-order valence-corrected chi connectivity index (χ1v) is 11.5. The van der Waals surface area contributed by atoms with Crippen molar-refractivity contribution in [1.29, 1.82) is 0 Å². The number of hydrogen-bond acceptors (Lipinski definition) is 7. The first-order valence-electron chi connectivity index (χ1n) is 11.5. The molecular formula is C22H42O7. The van der Waals surface area contributed by atoms with E-state index in [4.69, 9.17) is 9.47 Å². The van der Waals surface area contributed by atoms with Gasteiger partial charge in [-0.1, -0.05) is 84.0 Å². The number of esters is 1. The Morgan fingerprint density at radius 2 is 1.38 bits per heavy atom. The molecule has 4 atom stereocenters. The van der Waals surface area contributed by atoms with Crippen LogP contribution in [0.3, 0.4) is 0 Å². The number of hydrogen-bond donors (Lipinski definition) is 4. The molecule has 1 aliphatic heterocycles. The third-order valence-electron chi connectivity index (χ3n) is 5.66. The summed E-state index contributed by atoms with van der Waals surface area (Å²) in [5.41, 5.74) is 0. The molecule has 0 spiro atoms. The molecule has 172 valence electrons. The Hall–Kier alpha value is -0.730. The van der Waals surface area contributed by atoms with E-state index < -0.39 is 36.7 Å². The smallest absolute Gasteiger partial charge is 0.308 e. The third-order valence-corrected chi connectivity index (χ3v) is 5.66. The zero-order valence-corrected chi connectivity index (χ0v) is 18.1. The predicted octanol–water partition coefficient (Wildman–Crippen LogP) is 2.81. The molecule has 0 saturated carbocycles. The van der Waals surface area contributed by atoms with Crippen molar-refractivity contribution in [2.75, 3.05) is 13.2 Å². The van der Waals surface area contributed by atoms with Crippen molar-refractivity contribution in [3.8, 4) is 0 Å². The lowest BCUT2D eigenvalue weighted by Gasteiger charge is -2.43. The molecule has 0 aromatic heterocycles. The summed E-state index contributed by atoms with van der Waals surface area (Å²) in [6.45, 7) is 1.12. The van der Waals surface area contributed by atoms with E-state index in [1.807, 2.05) is 0 Å². The maximum absolute atomic E-state index is 12.0. The SMILES string of the molecule is CCCCCCCCCCCCCCCC(=O)OC1(CO)OC[C@@H](O)[C@H](O)[C@H]1O. The minimum atomic E-state index is -2.01. The summed E-state index contributed by atoms with van der Waals surface area (Å²) in [5.74, 6) is -2.60. The fourth-order valence-electron chi connectivity index (χ4n) is 3.67. The molecule has 1 fully saturated rings. The van der Waals surface area contributed by atoms with Gasteiger partial charge < -0.3 is 29.9 Å². The minimum Gasteiger partial charge on any atom is -0.427 e. The molecule has 1 heterocycles. The summed E-state index contributed by atoms with van der Waals surface area (Å²) in [5, 5.41) is 38.7. The lowest BCUT2D eigenvalue weighted by Crippen LogP contribution is -2.64. The van der Waals surface area contributed by atoms with Gasteiger partial charge in [-0.3, -0.25) is 4.79 Å². The Morgan fingerprint density at radius 1 is 0.897 bits per heavy atom. The second-order valence-electron chi connectivity index (χ2n) is 8.25. The average Bonchev–Trinajstić information content (AvgIpc) is 2.72. The van der Waals surface area contributed by atoms with E-state index in [9.17, 15) is 25.2 Å². The number of unbranched alkanes of at least 4 members (excludes halogenated alkanes) is 12. The molecule has 0 aromatic carbocycles. The van der Waals surface area contributed by atoms with Crippen LogP contribution in [0.25, 0.3) is 0 Å². The van der Waals surface area contributed by atoms with Crippen LogP contribution in [0.5, 0.6) is 0 Å². The maximum atomic E-state index is 12.0. The van der Waals surface area contributed by atoms with Crippen LogP contribution in [0.1, 0.15) is 96.8 Å². The van der Waals surface area contributed by atoms with E-state index in [0.717, 1.165) is 19.3 Å². The highest BCUT2D eigenvalue weighted by Gasteiger charge is 2.52. The lowest BCUT2D eigenvalue weighted by atomic mass is 9.97. The summed E-state index contributed by atoms with van der Waals surface area (Å²) in [6.07, 6.45) is 11.3. The molecule has 7 heteroatoms. The van der Waals surface area contributed by atoms with Crippen molar-refractivity contribution >= 4 is 5.97 Å². The van der Waals surface area contributed by atoms with E-state index in [1.54, 1.807) is 0 Å². The van der Waals surface area contributed by atoms with Crippen LogP contribution in [0.2, 0.25) is 0 Å². The molecule has 0 radical (unpaired) electrons. The molecule has 1 unspecified atom stereocenters. The summed E-state index contributed by atoms with van der Waals surface area (Å²) in [6, 6.07) is 0. The number of aliphatic hydroxyl groups excluding tert-OH is 4. The van der Waals surface area contributed by atoms with Gasteiger partial charge in [0.1, 0.15) is 18.8 Å². The van der Waals surface area contributed by atoms with E-state index in [0.29, 0.717) is 6.42 Å². The van der Waals surface area contributed by atoms with E-state index in [-0.39, 0.29) is 13.0 Å². The summed E-state index contributed by atoms with van der Waals surface area (Å²) >= 11 is 0. The standard InChI is InChI=1S/C22H42O7/c1-2-3-4-5-6-7-8-9-10-11-12-13-14-15-19(25)29-22(17-23)21(27)20(26)18(24)16-28-22/h18,20-21,23-24,26-27H,2-17H2,1H3/t18-,20+,21-,22?/m1/s1. The molecule has 7 nitrogen and oxygen atoms in total. The predicted molar refractivity (Wildman–Crippen MR) is 110 cm³/mol. The zero-order valence-electron chi connectivity index (χ0n) is 18.1. The Balaban J connectivity index is 2.05. The van der Waals surface area contributed by atoms with Crippen molar-refractivity contribution in [3.05, 3.63) is 0 Å². The van der Waals surface area contributed by atoms with Gasteiger partial charge in [-0.25, -0.2) is 0 Å². The highest BCUT2D eigenvalue weighted by Crippen LogP contribution is 2.28. The Labute approximate surface area is 175 Å². The number of carbonyl (C=O) groups is 1. The topological polar surface area (TPSA) is 116 Å². The van der Waals surface area contributed by atoms with Crippen LogP contribution in [0.15, 0.2) is 0 Å². The lowest BCUT2D eigenvalue weighted by molar-refractivity contribution is -0.335. The van der Waals surface area contributed by atoms with Crippen LogP contribution >= 0.6 is 0 Å². The number of rotatable bonds is 16. The molecule has 0 amide bonds. The van der Waals surface area contributed by atoms with E-state index in [2.05, 4.69) is 6.92 Å². The second-order valence-corrected chi connectivity index (χ2v) is 8.25. The van der Waals surface area contributed by atoms with Crippen LogP contribution in [0, 0.1) is 0 Å². The van der Waals surface area contributed by atoms with Crippen LogP contribution < -0.4 is 0 Å². The van der Waals surface area contributed by atoms with Gasteiger partial charge in [-0.05, 0) is 6.42 Å². The molecule has 0 aromatic rings. The summed E-state index contributed by atoms with van der Waals surface area (Å²) < 4.78 is 10.3. The van der Waals surface area contributed by atoms with Crippen LogP contribution in [0.4, 0.5) is 0 Å². The van der Waals surface area contributed by atoms with Gasteiger partial charge in [0.05, 0.1) is 6.61 Å². The molecule has 0 aliphatic carbocycles. The third kappa shape index (κ3) is 9.75. The Kier molecular flexibility index (Phi) is 13.7. The van der Waals surface area contributed by atoms with Crippen LogP contribution in [-0.4, -0.2) is 63.7 Å². The van der Waals surface area contributed by atoms with Crippen molar-refractivity contribution in [3.63, 3.8) is 0 Å². The van der Waals surface area contributed by atoms with E-state index in [1.165, 1.54) is 57.8 Å². The summed E-state index contributed by atoms with van der Waals surface area (Å²) in [4.78, 5) is 12.0. The Morgan fingerprint density at radius 3 is 1.86 bits per heavy atom. The molecule has 1 aliphatic rings. The van der Waals surface area contributed by atoms with Gasteiger partial charge in [0, 0.05) is 6.42 Å². The van der Waals surface area contributed by atoms with Gasteiger partial charge in [0.25, 0.3) is 5.79 Å². The van der Waals surface area contributed by atoms with Crippen molar-refractivity contribution in [2.45, 2.75) is 121 Å². The van der Waals surface area contributed by atoms with Crippen molar-refractivity contribution < 1.29 is 34.7 Å². The largest absolute Gasteiger partial charge is 0.427 e. The van der Waals surface area contributed by atoms with Gasteiger partial charge in [-0.2, -0.15) is 0 Å². The highest BCUT2D eigenvalue weighted by atomic mass is 16.7. The highest BCUT2D eigenvalue weighted by molar-refractivity contribution is 5.69. The van der Waals surface area contributed by atoms with Gasteiger partial charge in [0.15, 0.2) is 6.10 Å². The molecule has 1 rings (SSSR count). The number of ether oxygens (including phenoxy) is 2. The first kappa shape index (κ1) is 26.3. The Bertz CT molecular complexity index is 431. The molecule has 1 saturated heterocycles. The quantitative estimate of drug-likeness (QED) is 0.225. The molecule has 4 N–H and O–H groups in total. The monoisotopic (exact) mass is 418 g/mol. The molecule has 0 bridgehead atoms. The van der Waals surface area contributed by atoms with Crippen molar-refractivity contribution in [1.82, 2.24) is 0 Å². The number of aliphatic hydroxyl groups is 4. The van der Waals surface area contributed by atoms with Crippen molar-refractivity contribution in [2.24, 2.45) is 0 Å². The molecular weight excluding hydrogens is 376 g/mol. The first-order chi connectivity index (χ1) is 14.0. The zero-order chi connectivity index (χ0) is 21.5. The number of carbonyl (C=O) groups excluding carboxylic acids is 1. The minimum absolute atomic E-state index is 0.161. The summed E-state index contributed by atoms with van der Waals surface area (Å²) in [7, 11) is 0.